The number of aliphatic hydroxyl groups excluding tert-OH is 1. The van der Waals surface area contributed by atoms with Crippen molar-refractivity contribution < 1.29 is 24.2 Å². The van der Waals surface area contributed by atoms with Gasteiger partial charge in [0, 0.05) is 13.3 Å². The third-order valence-corrected chi connectivity index (χ3v) is 9.12. The molecule has 0 aromatic heterocycles. The second-order valence-electron chi connectivity index (χ2n) is 9.99. The largest absolute Gasteiger partial charge is 0.458 e. The Balaban J connectivity index is 1.96. The molecule has 2 saturated carbocycles. The molecule has 3 rings (SSSR count). The molecule has 2 amide bonds. The van der Waals surface area contributed by atoms with E-state index >= 15 is 0 Å². The number of rotatable bonds is 4. The maximum absolute atomic E-state index is 12.1. The van der Waals surface area contributed by atoms with Crippen molar-refractivity contribution >= 4 is 41.0 Å². The van der Waals surface area contributed by atoms with Crippen LogP contribution in [0.15, 0.2) is 12.2 Å². The first-order chi connectivity index (χ1) is 13.8. The number of imide groups is 1. The van der Waals surface area contributed by atoms with Gasteiger partial charge in [-0.1, -0.05) is 27.4 Å². The van der Waals surface area contributed by atoms with Gasteiger partial charge in [-0.2, -0.15) is 0 Å². The van der Waals surface area contributed by atoms with Crippen LogP contribution in [0.25, 0.3) is 0 Å². The highest BCUT2D eigenvalue weighted by atomic mass is 35.5. The fraction of sp³-hybridized carbons (Fsp3) is 0.773. The fourth-order valence-corrected chi connectivity index (χ4v) is 7.08. The van der Waals surface area contributed by atoms with Crippen molar-refractivity contribution in [2.45, 2.75) is 76.3 Å². The second kappa shape index (κ2) is 8.10. The number of esters is 1. The van der Waals surface area contributed by atoms with Crippen LogP contribution in [0.3, 0.4) is 0 Å². The monoisotopic (exact) mass is 459 g/mol. The zero-order valence-electron chi connectivity index (χ0n) is 17.9. The summed E-state index contributed by atoms with van der Waals surface area (Å²) in [5, 5.41) is 12.6. The number of halogens is 2. The predicted molar refractivity (Wildman–Crippen MR) is 114 cm³/mol. The molecule has 6 nitrogen and oxygen atoms in total. The Kier molecular flexibility index (Phi) is 6.36. The van der Waals surface area contributed by atoms with E-state index in [1.54, 1.807) is 0 Å². The standard InChI is InChI=1S/C22H31Cl2NO5/c1-10-13(7-15(27)12-6-18(28)25-20(12)29)22(5)9-14(23)19(24)21(3,4)17(22)8-16(10)30-11(2)26/h12-17,19,27H,1,6-9H2,2-5H3,(H,25,28,29)/t12?,13-,14?,15-,16-,17-,19-,22+/m0/s1. The number of hydrogen-bond acceptors (Lipinski definition) is 5. The predicted octanol–water partition coefficient (Wildman–Crippen LogP) is 3.18. The SMILES string of the molecule is C=C1[C@@H](OC(C)=O)C[C@H]2C(C)(C)[C@@H](Cl)C(Cl)C[C@]2(C)[C@H]1C[C@H](O)C1CC(=O)NC1=O. The molecule has 2 N–H and O–H groups in total. The number of amides is 2. The van der Waals surface area contributed by atoms with Crippen LogP contribution >= 0.6 is 23.2 Å². The van der Waals surface area contributed by atoms with Crippen LogP contribution in [0.4, 0.5) is 0 Å². The molecule has 3 fully saturated rings. The van der Waals surface area contributed by atoms with Crippen molar-refractivity contribution in [2.75, 3.05) is 0 Å². The minimum absolute atomic E-state index is 0.0277. The number of alkyl halides is 2. The van der Waals surface area contributed by atoms with Gasteiger partial charge >= 0.3 is 5.97 Å². The maximum atomic E-state index is 12.1. The van der Waals surface area contributed by atoms with E-state index in [-0.39, 0.29) is 52.2 Å². The number of hydrogen-bond donors (Lipinski definition) is 2. The summed E-state index contributed by atoms with van der Waals surface area (Å²) in [5.41, 5.74) is 0.0273. The highest BCUT2D eigenvalue weighted by Gasteiger charge is 2.61. The molecule has 0 spiro atoms. The Hall–Kier alpha value is -1.11. The Labute approximate surface area is 187 Å². The van der Waals surface area contributed by atoms with Crippen molar-refractivity contribution in [3.8, 4) is 0 Å². The molecule has 0 aromatic rings. The van der Waals surface area contributed by atoms with E-state index in [4.69, 9.17) is 27.9 Å². The van der Waals surface area contributed by atoms with Crippen LogP contribution in [0.2, 0.25) is 0 Å². The van der Waals surface area contributed by atoms with Gasteiger partial charge in [-0.3, -0.25) is 19.7 Å². The minimum Gasteiger partial charge on any atom is -0.458 e. The van der Waals surface area contributed by atoms with E-state index in [1.165, 1.54) is 6.92 Å². The molecule has 2 aliphatic carbocycles. The van der Waals surface area contributed by atoms with E-state index in [9.17, 15) is 19.5 Å². The fourth-order valence-electron chi connectivity index (χ4n) is 6.18. The van der Waals surface area contributed by atoms with E-state index < -0.39 is 30.0 Å². The van der Waals surface area contributed by atoms with Gasteiger partial charge in [0.15, 0.2) is 0 Å². The Morgan fingerprint density at radius 2 is 1.97 bits per heavy atom. The first kappa shape index (κ1) is 23.6. The molecule has 8 heteroatoms. The summed E-state index contributed by atoms with van der Waals surface area (Å²) in [7, 11) is 0. The van der Waals surface area contributed by atoms with Crippen LogP contribution < -0.4 is 5.32 Å². The van der Waals surface area contributed by atoms with Gasteiger partial charge in [0.05, 0.1) is 22.8 Å². The quantitative estimate of drug-likeness (QED) is 0.291. The molecular weight excluding hydrogens is 429 g/mol. The maximum Gasteiger partial charge on any atom is 0.303 e. The molecule has 1 heterocycles. The molecule has 3 aliphatic rings. The van der Waals surface area contributed by atoms with Gasteiger partial charge in [0.1, 0.15) is 6.10 Å². The van der Waals surface area contributed by atoms with Crippen molar-refractivity contribution in [1.82, 2.24) is 5.32 Å². The van der Waals surface area contributed by atoms with Gasteiger partial charge in [0.25, 0.3) is 0 Å². The van der Waals surface area contributed by atoms with Gasteiger partial charge in [-0.25, -0.2) is 0 Å². The van der Waals surface area contributed by atoms with Gasteiger partial charge in [-0.05, 0) is 47.5 Å². The minimum atomic E-state index is -1.02. The summed E-state index contributed by atoms with van der Waals surface area (Å²) in [5.74, 6) is -2.19. The summed E-state index contributed by atoms with van der Waals surface area (Å²) >= 11 is 13.4. The van der Waals surface area contributed by atoms with E-state index in [0.717, 1.165) is 5.57 Å². The molecule has 168 valence electrons. The Morgan fingerprint density at radius 3 is 2.50 bits per heavy atom. The highest BCUT2D eigenvalue weighted by Crippen LogP contribution is 2.64. The average Bonchev–Trinajstić information content (AvgIpc) is 2.97. The zero-order valence-corrected chi connectivity index (χ0v) is 19.4. The zero-order chi connectivity index (χ0) is 22.6. The third-order valence-electron chi connectivity index (χ3n) is 7.72. The van der Waals surface area contributed by atoms with Crippen LogP contribution in [-0.4, -0.2) is 45.9 Å². The third kappa shape index (κ3) is 3.91. The first-order valence-corrected chi connectivity index (χ1v) is 11.3. The normalized spacial score (nSPS) is 41.8. The molecular formula is C22H31Cl2NO5. The van der Waals surface area contributed by atoms with Crippen LogP contribution in [-0.2, 0) is 19.1 Å². The lowest BCUT2D eigenvalue weighted by molar-refractivity contribution is -0.154. The Bertz CT molecular complexity index is 769. The van der Waals surface area contributed by atoms with E-state index in [2.05, 4.69) is 32.7 Å². The van der Waals surface area contributed by atoms with Crippen molar-refractivity contribution in [3.05, 3.63) is 12.2 Å². The second-order valence-corrected chi connectivity index (χ2v) is 11.0. The van der Waals surface area contributed by atoms with Gasteiger partial charge < -0.3 is 9.84 Å². The van der Waals surface area contributed by atoms with E-state index in [1.807, 2.05) is 0 Å². The van der Waals surface area contributed by atoms with E-state index in [0.29, 0.717) is 12.8 Å². The molecule has 1 aliphatic heterocycles. The first-order valence-electron chi connectivity index (χ1n) is 10.4. The number of nitrogens with one attached hydrogen (secondary N) is 1. The smallest absolute Gasteiger partial charge is 0.303 e. The lowest BCUT2D eigenvalue weighted by Gasteiger charge is -2.62. The van der Waals surface area contributed by atoms with Crippen molar-refractivity contribution in [1.29, 1.82) is 0 Å². The lowest BCUT2D eigenvalue weighted by Crippen LogP contribution is -2.60. The van der Waals surface area contributed by atoms with Gasteiger partial charge in [0.2, 0.25) is 11.8 Å². The highest BCUT2D eigenvalue weighted by molar-refractivity contribution is 6.30. The molecule has 0 radical (unpaired) electrons. The van der Waals surface area contributed by atoms with Gasteiger partial charge in [-0.15, -0.1) is 23.2 Å². The van der Waals surface area contributed by atoms with Crippen LogP contribution in [0, 0.1) is 28.6 Å². The van der Waals surface area contributed by atoms with Crippen molar-refractivity contribution in [3.63, 3.8) is 0 Å². The number of aliphatic hydroxyl groups is 1. The summed E-state index contributed by atoms with van der Waals surface area (Å²) in [6, 6.07) is 0. The Morgan fingerprint density at radius 1 is 1.33 bits per heavy atom. The summed E-state index contributed by atoms with van der Waals surface area (Å²) in [6.45, 7) is 11.9. The molecule has 2 unspecified atom stereocenters. The molecule has 0 bridgehead atoms. The lowest BCUT2D eigenvalue weighted by atomic mass is 9.46. The summed E-state index contributed by atoms with van der Waals surface area (Å²) in [4.78, 5) is 35.4. The topological polar surface area (TPSA) is 92.7 Å². The molecule has 0 aromatic carbocycles. The molecule has 30 heavy (non-hydrogen) atoms. The number of fused-ring (bicyclic) bond motifs is 1. The van der Waals surface area contributed by atoms with Crippen LogP contribution in [0.1, 0.15) is 53.4 Å². The summed E-state index contributed by atoms with van der Waals surface area (Å²) in [6.07, 6.45) is -0.0921. The molecule has 8 atom stereocenters. The molecule has 1 saturated heterocycles. The number of carbonyl (C=O) groups excluding carboxylic acids is 3. The van der Waals surface area contributed by atoms with Crippen molar-refractivity contribution in [2.24, 2.45) is 28.6 Å². The number of carbonyl (C=O) groups is 3. The summed E-state index contributed by atoms with van der Waals surface area (Å²) < 4.78 is 5.60. The van der Waals surface area contributed by atoms with Crippen LogP contribution in [0.5, 0.6) is 0 Å². The average molecular weight is 460 g/mol. The number of ether oxygens (including phenoxy) is 1.